The lowest BCUT2D eigenvalue weighted by molar-refractivity contribution is 0.0961. The summed E-state index contributed by atoms with van der Waals surface area (Å²) in [5, 5.41) is 0. The maximum atomic E-state index is 4.40. The predicted octanol–water partition coefficient (Wildman–Crippen LogP) is 7.72. The highest BCUT2D eigenvalue weighted by molar-refractivity contribution is 5.37. The SMILES string of the molecule is C=C1/C(=C\C=C2/CCC[C@@]3(C)C2CCC3[C@H](C)CC)C[C@@H](C)C[C@@H]1C. The van der Waals surface area contributed by atoms with E-state index in [4.69, 9.17) is 0 Å². The molecule has 0 amide bonds. The molecule has 3 aliphatic carbocycles. The number of fused-ring (bicyclic) bond motifs is 1. The lowest BCUT2D eigenvalue weighted by atomic mass is 9.61. The first kappa shape index (κ1) is 19.0. The van der Waals surface area contributed by atoms with Gasteiger partial charge in [-0.15, -0.1) is 0 Å². The van der Waals surface area contributed by atoms with E-state index >= 15 is 0 Å². The molecule has 0 heteroatoms. The molecule has 0 nitrogen and oxygen atoms in total. The minimum absolute atomic E-state index is 0.558. The largest absolute Gasteiger partial charge is 0.0953 e. The van der Waals surface area contributed by atoms with E-state index in [9.17, 15) is 0 Å². The van der Waals surface area contributed by atoms with Crippen molar-refractivity contribution in [2.45, 2.75) is 86.0 Å². The van der Waals surface area contributed by atoms with E-state index in [1.54, 1.807) is 5.57 Å². The first-order valence-corrected chi connectivity index (χ1v) is 11.0. The van der Waals surface area contributed by atoms with Crippen LogP contribution in [-0.4, -0.2) is 0 Å². The van der Waals surface area contributed by atoms with Crippen molar-refractivity contribution in [3.8, 4) is 0 Å². The van der Waals surface area contributed by atoms with Crippen LogP contribution in [0.25, 0.3) is 0 Å². The van der Waals surface area contributed by atoms with Gasteiger partial charge in [0.25, 0.3) is 0 Å². The molecule has 2 unspecified atom stereocenters. The van der Waals surface area contributed by atoms with Crippen LogP contribution in [0.1, 0.15) is 86.0 Å². The first-order chi connectivity index (χ1) is 11.9. The monoisotopic (exact) mass is 340 g/mol. The van der Waals surface area contributed by atoms with E-state index in [1.165, 1.54) is 62.5 Å². The second-order valence-electron chi connectivity index (χ2n) is 9.89. The van der Waals surface area contributed by atoms with Crippen LogP contribution in [0.2, 0.25) is 0 Å². The van der Waals surface area contributed by atoms with Crippen LogP contribution in [0, 0.1) is 35.0 Å². The van der Waals surface area contributed by atoms with Gasteiger partial charge in [0.15, 0.2) is 0 Å². The van der Waals surface area contributed by atoms with Gasteiger partial charge in [0.1, 0.15) is 0 Å². The van der Waals surface area contributed by atoms with Gasteiger partial charge in [-0.2, -0.15) is 0 Å². The summed E-state index contributed by atoms with van der Waals surface area (Å²) in [4.78, 5) is 0. The standard InChI is InChI=1S/C25H40/c1-7-18(3)23-12-13-24-21(9-8-14-25(23,24)6)10-11-22-16-17(2)15-19(4)20(22)5/h10-11,17-19,23-24H,5,7-9,12-16H2,1-4,6H3/b21-10+,22-11-/t17-,18+,19-,23?,24?,25+/m0/s1. The lowest BCUT2D eigenvalue weighted by Gasteiger charge is -2.44. The summed E-state index contributed by atoms with van der Waals surface area (Å²) in [5.74, 6) is 4.12. The quantitative estimate of drug-likeness (QED) is 0.493. The Labute approximate surface area is 156 Å². The molecule has 25 heavy (non-hydrogen) atoms. The molecule has 3 rings (SSSR count). The minimum atomic E-state index is 0.558. The van der Waals surface area contributed by atoms with E-state index in [1.807, 2.05) is 0 Å². The van der Waals surface area contributed by atoms with Gasteiger partial charge in [0.05, 0.1) is 0 Å². The van der Waals surface area contributed by atoms with Gasteiger partial charge in [-0.25, -0.2) is 0 Å². The molecule has 0 saturated heterocycles. The Morgan fingerprint density at radius 1 is 1.24 bits per heavy atom. The van der Waals surface area contributed by atoms with Crippen molar-refractivity contribution in [2.75, 3.05) is 0 Å². The first-order valence-electron chi connectivity index (χ1n) is 11.0. The summed E-state index contributed by atoms with van der Waals surface area (Å²) < 4.78 is 0. The number of hydrogen-bond donors (Lipinski definition) is 0. The third-order valence-electron chi connectivity index (χ3n) is 8.20. The van der Waals surface area contributed by atoms with Crippen LogP contribution >= 0.6 is 0 Å². The molecule has 0 aromatic heterocycles. The molecule has 3 saturated carbocycles. The Hall–Kier alpha value is -0.780. The van der Waals surface area contributed by atoms with Crippen molar-refractivity contribution in [1.29, 1.82) is 0 Å². The van der Waals surface area contributed by atoms with Gasteiger partial charge in [-0.05, 0) is 91.1 Å². The van der Waals surface area contributed by atoms with Gasteiger partial charge in [0, 0.05) is 0 Å². The van der Waals surface area contributed by atoms with Crippen molar-refractivity contribution in [3.63, 3.8) is 0 Å². The van der Waals surface area contributed by atoms with Gasteiger partial charge >= 0.3 is 0 Å². The van der Waals surface area contributed by atoms with E-state index in [-0.39, 0.29) is 0 Å². The van der Waals surface area contributed by atoms with E-state index in [0.29, 0.717) is 11.3 Å². The van der Waals surface area contributed by atoms with Gasteiger partial charge in [0.2, 0.25) is 0 Å². The summed E-state index contributed by atoms with van der Waals surface area (Å²) in [5.41, 5.74) is 5.24. The average Bonchev–Trinajstić information content (AvgIpc) is 2.93. The van der Waals surface area contributed by atoms with Crippen LogP contribution in [0.3, 0.4) is 0 Å². The molecular formula is C25H40. The molecule has 0 heterocycles. The normalized spacial score (nSPS) is 43.5. The summed E-state index contributed by atoms with van der Waals surface area (Å²) in [7, 11) is 0. The van der Waals surface area contributed by atoms with Crippen molar-refractivity contribution in [3.05, 3.63) is 35.5 Å². The number of allylic oxidation sites excluding steroid dienone is 5. The predicted molar refractivity (Wildman–Crippen MR) is 110 cm³/mol. The fraction of sp³-hybridized carbons (Fsp3) is 0.760. The average molecular weight is 341 g/mol. The van der Waals surface area contributed by atoms with Gasteiger partial charge in [-0.1, -0.05) is 65.3 Å². The minimum Gasteiger partial charge on any atom is -0.0953 e. The molecule has 0 aliphatic heterocycles. The van der Waals surface area contributed by atoms with Crippen LogP contribution in [-0.2, 0) is 0 Å². The molecule has 3 aliphatic rings. The molecule has 0 aromatic carbocycles. The molecular weight excluding hydrogens is 300 g/mol. The number of hydrogen-bond acceptors (Lipinski definition) is 0. The Morgan fingerprint density at radius 2 is 2.00 bits per heavy atom. The summed E-state index contributed by atoms with van der Waals surface area (Å²) in [6.07, 6.45) is 15.9. The zero-order valence-corrected chi connectivity index (χ0v) is 17.4. The molecule has 6 atom stereocenters. The highest BCUT2D eigenvalue weighted by Gasteiger charge is 2.50. The molecule has 0 spiro atoms. The van der Waals surface area contributed by atoms with Crippen molar-refractivity contribution < 1.29 is 0 Å². The third kappa shape index (κ3) is 3.56. The maximum absolute atomic E-state index is 4.40. The molecule has 0 aromatic rings. The Bertz CT molecular complexity index is 563. The van der Waals surface area contributed by atoms with Crippen LogP contribution < -0.4 is 0 Å². The molecule has 0 radical (unpaired) electrons. The molecule has 0 N–H and O–H groups in total. The Morgan fingerprint density at radius 3 is 2.72 bits per heavy atom. The van der Waals surface area contributed by atoms with Crippen LogP contribution in [0.5, 0.6) is 0 Å². The molecule has 3 fully saturated rings. The van der Waals surface area contributed by atoms with Crippen LogP contribution in [0.15, 0.2) is 35.5 Å². The zero-order chi connectivity index (χ0) is 18.2. The fourth-order valence-corrected chi connectivity index (χ4v) is 6.53. The van der Waals surface area contributed by atoms with Gasteiger partial charge < -0.3 is 0 Å². The second kappa shape index (κ2) is 7.45. The summed E-state index contributed by atoms with van der Waals surface area (Å²) in [6.45, 7) is 16.6. The summed E-state index contributed by atoms with van der Waals surface area (Å²) in [6, 6.07) is 0. The lowest BCUT2D eigenvalue weighted by Crippen LogP contribution is -2.35. The van der Waals surface area contributed by atoms with Crippen molar-refractivity contribution >= 4 is 0 Å². The van der Waals surface area contributed by atoms with E-state index < -0.39 is 0 Å². The van der Waals surface area contributed by atoms with Crippen molar-refractivity contribution in [2.24, 2.45) is 35.0 Å². The Kier molecular flexibility index (Phi) is 5.66. The Balaban J connectivity index is 1.82. The van der Waals surface area contributed by atoms with Crippen LogP contribution in [0.4, 0.5) is 0 Å². The second-order valence-corrected chi connectivity index (χ2v) is 9.89. The topological polar surface area (TPSA) is 0 Å². The fourth-order valence-electron chi connectivity index (χ4n) is 6.53. The third-order valence-corrected chi connectivity index (χ3v) is 8.20. The highest BCUT2D eigenvalue weighted by atomic mass is 14.5. The van der Waals surface area contributed by atoms with E-state index in [0.717, 1.165) is 23.7 Å². The number of rotatable bonds is 3. The summed E-state index contributed by atoms with van der Waals surface area (Å²) >= 11 is 0. The smallest absolute Gasteiger partial charge is 0.0143 e. The maximum Gasteiger partial charge on any atom is -0.0143 e. The zero-order valence-electron chi connectivity index (χ0n) is 17.4. The molecule has 0 bridgehead atoms. The molecule has 140 valence electrons. The van der Waals surface area contributed by atoms with E-state index in [2.05, 4.69) is 53.3 Å². The van der Waals surface area contributed by atoms with Crippen molar-refractivity contribution in [1.82, 2.24) is 0 Å². The van der Waals surface area contributed by atoms with Gasteiger partial charge in [-0.3, -0.25) is 0 Å². The highest BCUT2D eigenvalue weighted by Crippen LogP contribution is 2.59.